The van der Waals surface area contributed by atoms with E-state index in [1.54, 1.807) is 11.9 Å². The van der Waals surface area contributed by atoms with Gasteiger partial charge in [-0.25, -0.2) is 4.79 Å². The lowest BCUT2D eigenvalue weighted by Gasteiger charge is -2.24. The van der Waals surface area contributed by atoms with Crippen LogP contribution < -0.4 is 0 Å². The van der Waals surface area contributed by atoms with Gasteiger partial charge in [-0.2, -0.15) is 0 Å². The van der Waals surface area contributed by atoms with Crippen molar-refractivity contribution in [3.8, 4) is 0 Å². The van der Waals surface area contributed by atoms with Gasteiger partial charge >= 0.3 is 6.09 Å². The van der Waals surface area contributed by atoms with E-state index in [1.807, 2.05) is 20.8 Å². The van der Waals surface area contributed by atoms with Crippen molar-refractivity contribution in [1.82, 2.24) is 4.90 Å². The molecule has 0 unspecified atom stereocenters. The molecular weight excluding hydrogens is 329 g/mol. The molecule has 0 bridgehead atoms. The van der Waals surface area contributed by atoms with Crippen LogP contribution in [-0.4, -0.2) is 36.8 Å². The third kappa shape index (κ3) is 9.25. The summed E-state index contributed by atoms with van der Waals surface area (Å²) in [5.41, 5.74) is -0.431. The third-order valence-electron chi connectivity index (χ3n) is 1.47. The number of hydrogen-bond acceptors (Lipinski definition) is 4. The quantitative estimate of drug-likeness (QED) is 0.435. The maximum atomic E-state index is 11.5. The van der Waals surface area contributed by atoms with Crippen LogP contribution in [0, 0.1) is 0 Å². The summed E-state index contributed by atoms with van der Waals surface area (Å²) in [5.74, 6) is 0. The van der Waals surface area contributed by atoms with Gasteiger partial charge in [0, 0.05) is 34.8 Å². The monoisotopic (exact) mass is 347 g/mol. The molecule has 0 heterocycles. The number of nitrogens with zero attached hydrogens (tertiary/aromatic N) is 1. The lowest BCUT2D eigenvalue weighted by Crippen LogP contribution is -2.35. The second-order valence-electron chi connectivity index (χ2n) is 4.14. The highest BCUT2D eigenvalue weighted by Crippen LogP contribution is 2.12. The smallest absolute Gasteiger partial charge is 0.410 e. The lowest BCUT2D eigenvalue weighted by molar-refractivity contribution is 0.0293. The molecule has 1 amide bonds. The van der Waals surface area contributed by atoms with Crippen molar-refractivity contribution in [2.45, 2.75) is 32.8 Å². The molecular formula is C9H18INO3S. The summed E-state index contributed by atoms with van der Waals surface area (Å²) < 4.78 is 10.3. The number of halogens is 1. The zero-order valence-electron chi connectivity index (χ0n) is 9.58. The number of carbonyl (C=O) groups is 1. The van der Waals surface area contributed by atoms with Crippen molar-refractivity contribution < 1.29 is 13.7 Å². The molecule has 0 saturated carbocycles. The minimum absolute atomic E-state index is 0.287. The zero-order valence-corrected chi connectivity index (χ0v) is 12.6. The van der Waals surface area contributed by atoms with Gasteiger partial charge in [0.2, 0.25) is 0 Å². The van der Waals surface area contributed by atoms with Crippen molar-refractivity contribution in [2.75, 3.05) is 20.2 Å². The van der Waals surface area contributed by atoms with Gasteiger partial charge in [-0.05, 0) is 27.2 Å². The van der Waals surface area contributed by atoms with Gasteiger partial charge in [0.05, 0.1) is 15.8 Å². The van der Waals surface area contributed by atoms with Crippen molar-refractivity contribution in [3.05, 3.63) is 0 Å². The molecule has 6 heteroatoms. The van der Waals surface area contributed by atoms with E-state index in [0.717, 1.165) is 6.42 Å². The average molecular weight is 347 g/mol. The predicted molar refractivity (Wildman–Crippen MR) is 71.0 cm³/mol. The second kappa shape index (κ2) is 7.56. The summed E-state index contributed by atoms with van der Waals surface area (Å²) >= 11 is 2.06. The third-order valence-corrected chi connectivity index (χ3v) is 2.49. The van der Waals surface area contributed by atoms with Crippen LogP contribution in [0.5, 0.6) is 0 Å². The fourth-order valence-electron chi connectivity index (χ4n) is 0.823. The van der Waals surface area contributed by atoms with E-state index in [-0.39, 0.29) is 6.09 Å². The number of rotatable bonds is 5. The maximum Gasteiger partial charge on any atom is 0.410 e. The molecule has 0 spiro atoms. The lowest BCUT2D eigenvalue weighted by atomic mass is 10.2. The van der Waals surface area contributed by atoms with E-state index >= 15 is 0 Å². The predicted octanol–water partition coefficient (Wildman–Crippen LogP) is 3.26. The van der Waals surface area contributed by atoms with Crippen LogP contribution in [-0.2, 0) is 8.92 Å². The minimum atomic E-state index is -0.431. The molecule has 0 radical (unpaired) electrons. The molecule has 0 aliphatic heterocycles. The van der Waals surface area contributed by atoms with Crippen molar-refractivity contribution in [2.24, 2.45) is 0 Å². The normalized spacial score (nSPS) is 11.3. The van der Waals surface area contributed by atoms with Crippen LogP contribution in [0.15, 0.2) is 0 Å². The molecule has 0 fully saturated rings. The van der Waals surface area contributed by atoms with Crippen LogP contribution in [0.25, 0.3) is 0 Å². The van der Waals surface area contributed by atoms with Gasteiger partial charge in [0.15, 0.2) is 0 Å². The largest absolute Gasteiger partial charge is 0.444 e. The van der Waals surface area contributed by atoms with E-state index in [0.29, 0.717) is 13.2 Å². The molecule has 4 nitrogen and oxygen atoms in total. The summed E-state index contributed by atoms with van der Waals surface area (Å²) in [6.07, 6.45) is 0.524. The minimum Gasteiger partial charge on any atom is -0.444 e. The molecule has 15 heavy (non-hydrogen) atoms. The van der Waals surface area contributed by atoms with Crippen LogP contribution in [0.4, 0.5) is 4.79 Å². The maximum absolute atomic E-state index is 11.5. The number of ether oxygens (including phenoxy) is 1. The summed E-state index contributed by atoms with van der Waals surface area (Å²) in [6.45, 7) is 6.85. The van der Waals surface area contributed by atoms with Crippen molar-refractivity contribution >= 4 is 36.5 Å². The molecule has 0 N–H and O–H groups in total. The van der Waals surface area contributed by atoms with Crippen LogP contribution in [0.2, 0.25) is 0 Å². The first kappa shape index (κ1) is 15.3. The molecule has 0 aromatic carbocycles. The Labute approximate surface area is 108 Å². The zero-order chi connectivity index (χ0) is 11.9. The van der Waals surface area contributed by atoms with E-state index < -0.39 is 5.60 Å². The number of hydrogen-bond donors (Lipinski definition) is 0. The van der Waals surface area contributed by atoms with Gasteiger partial charge in [0.1, 0.15) is 5.60 Å². The number of amides is 1. The highest BCUT2D eigenvalue weighted by molar-refractivity contribution is 14.2. The summed E-state index contributed by atoms with van der Waals surface area (Å²) in [4.78, 5) is 13.0. The van der Waals surface area contributed by atoms with E-state index in [4.69, 9.17) is 8.92 Å². The van der Waals surface area contributed by atoms with Gasteiger partial charge in [-0.15, -0.1) is 0 Å². The molecule has 0 aliphatic carbocycles. The van der Waals surface area contributed by atoms with E-state index in [2.05, 4.69) is 21.2 Å². The topological polar surface area (TPSA) is 38.8 Å². The first-order valence-electron chi connectivity index (χ1n) is 4.71. The Morgan fingerprint density at radius 3 is 2.53 bits per heavy atom. The van der Waals surface area contributed by atoms with Crippen LogP contribution in [0.1, 0.15) is 27.2 Å². The van der Waals surface area contributed by atoms with Gasteiger partial charge < -0.3 is 13.8 Å². The number of carbonyl (C=O) groups excluding carboxylic acids is 1. The SMILES string of the molecule is CN(CCCOSI)C(=O)OC(C)(C)C. The Balaban J connectivity index is 3.70. The Morgan fingerprint density at radius 2 is 2.07 bits per heavy atom. The summed E-state index contributed by atoms with van der Waals surface area (Å²) in [7, 11) is 3.03. The van der Waals surface area contributed by atoms with E-state index in [9.17, 15) is 4.79 Å². The highest BCUT2D eigenvalue weighted by atomic mass is 127. The van der Waals surface area contributed by atoms with Gasteiger partial charge in [-0.3, -0.25) is 0 Å². The van der Waals surface area contributed by atoms with E-state index in [1.165, 1.54) is 9.21 Å². The summed E-state index contributed by atoms with van der Waals surface area (Å²) in [6, 6.07) is 0. The first-order chi connectivity index (χ1) is 6.87. The Bertz CT molecular complexity index is 196. The molecule has 0 aromatic heterocycles. The standard InChI is InChI=1S/C9H18INO3S/c1-9(2,3)14-8(12)11(4)6-5-7-13-15-10/h5-7H2,1-4H3. The fourth-order valence-corrected chi connectivity index (χ4v) is 1.54. The van der Waals surface area contributed by atoms with Gasteiger partial charge in [-0.1, -0.05) is 0 Å². The molecule has 0 aromatic rings. The van der Waals surface area contributed by atoms with Crippen LogP contribution >= 0.6 is 30.4 Å². The molecule has 0 rings (SSSR count). The van der Waals surface area contributed by atoms with Crippen molar-refractivity contribution in [3.63, 3.8) is 0 Å². The highest BCUT2D eigenvalue weighted by Gasteiger charge is 2.18. The molecule has 0 aliphatic rings. The van der Waals surface area contributed by atoms with Crippen molar-refractivity contribution in [1.29, 1.82) is 0 Å². The molecule has 0 atom stereocenters. The fraction of sp³-hybridized carbons (Fsp3) is 0.889. The Hall–Kier alpha value is 0.310. The molecule has 90 valence electrons. The first-order valence-corrected chi connectivity index (χ1v) is 7.99. The Morgan fingerprint density at radius 1 is 1.47 bits per heavy atom. The second-order valence-corrected chi connectivity index (χ2v) is 5.58. The van der Waals surface area contributed by atoms with Crippen LogP contribution in [0.3, 0.4) is 0 Å². The van der Waals surface area contributed by atoms with Gasteiger partial charge in [0.25, 0.3) is 0 Å². The molecule has 0 saturated heterocycles. The Kier molecular flexibility index (Phi) is 7.72. The summed E-state index contributed by atoms with van der Waals surface area (Å²) in [5, 5.41) is 0. The average Bonchev–Trinajstić information content (AvgIpc) is 2.09.